The van der Waals surface area contributed by atoms with Crippen LogP contribution in [0.5, 0.6) is 0 Å². The van der Waals surface area contributed by atoms with E-state index in [1.165, 1.54) is 12.3 Å². The van der Waals surface area contributed by atoms with Gasteiger partial charge in [-0.3, -0.25) is 0 Å². The maximum atomic E-state index is 13.0. The molecule has 1 aromatic heterocycles. The lowest BCUT2D eigenvalue weighted by Gasteiger charge is -2.28. The molecule has 2 heterocycles. The molecule has 1 saturated heterocycles. The Balaban J connectivity index is 2.25. The van der Waals surface area contributed by atoms with Gasteiger partial charge in [0.15, 0.2) is 0 Å². The molecule has 1 aliphatic rings. The Hall–Kier alpha value is -1.30. The van der Waals surface area contributed by atoms with Crippen molar-refractivity contribution in [1.29, 1.82) is 0 Å². The van der Waals surface area contributed by atoms with E-state index in [2.05, 4.69) is 10.3 Å². The SMILES string of the molecule is CCNCC1CCCN1c1ncccc1C(F)(F)F. The summed E-state index contributed by atoms with van der Waals surface area (Å²) >= 11 is 0. The highest BCUT2D eigenvalue weighted by atomic mass is 19.4. The van der Waals surface area contributed by atoms with Crippen LogP contribution in [0.2, 0.25) is 0 Å². The maximum absolute atomic E-state index is 13.0. The molecular weight excluding hydrogens is 255 g/mol. The summed E-state index contributed by atoms with van der Waals surface area (Å²) in [6, 6.07) is 2.53. The van der Waals surface area contributed by atoms with Crippen LogP contribution in [0.4, 0.5) is 19.0 Å². The second-order valence-electron chi connectivity index (χ2n) is 4.67. The molecule has 1 fully saturated rings. The van der Waals surface area contributed by atoms with E-state index in [1.807, 2.05) is 6.92 Å². The van der Waals surface area contributed by atoms with Crippen molar-refractivity contribution >= 4 is 5.82 Å². The van der Waals surface area contributed by atoms with Gasteiger partial charge in [-0.05, 0) is 31.5 Å². The molecule has 0 saturated carbocycles. The quantitative estimate of drug-likeness (QED) is 0.914. The molecule has 1 atom stereocenters. The fraction of sp³-hybridized carbons (Fsp3) is 0.615. The van der Waals surface area contributed by atoms with Crippen molar-refractivity contribution in [2.45, 2.75) is 32.0 Å². The molecule has 106 valence electrons. The number of nitrogens with one attached hydrogen (secondary N) is 1. The fourth-order valence-electron chi connectivity index (χ4n) is 2.48. The van der Waals surface area contributed by atoms with Crippen molar-refractivity contribution in [3.05, 3.63) is 23.9 Å². The van der Waals surface area contributed by atoms with Crippen LogP contribution in [-0.2, 0) is 6.18 Å². The van der Waals surface area contributed by atoms with Crippen molar-refractivity contribution in [1.82, 2.24) is 10.3 Å². The van der Waals surface area contributed by atoms with Crippen LogP contribution in [-0.4, -0.2) is 30.7 Å². The minimum absolute atomic E-state index is 0.0652. The van der Waals surface area contributed by atoms with E-state index in [4.69, 9.17) is 0 Å². The highest BCUT2D eigenvalue weighted by Crippen LogP contribution is 2.37. The number of likely N-dealkylation sites (N-methyl/N-ethyl adjacent to an activating group) is 1. The zero-order valence-corrected chi connectivity index (χ0v) is 10.9. The first-order valence-corrected chi connectivity index (χ1v) is 6.53. The van der Waals surface area contributed by atoms with Gasteiger partial charge in [0.05, 0.1) is 5.56 Å². The number of anilines is 1. The monoisotopic (exact) mass is 273 g/mol. The fourth-order valence-corrected chi connectivity index (χ4v) is 2.48. The molecule has 1 aromatic rings. The molecule has 19 heavy (non-hydrogen) atoms. The predicted molar refractivity (Wildman–Crippen MR) is 68.2 cm³/mol. The summed E-state index contributed by atoms with van der Waals surface area (Å²) in [5, 5.41) is 3.20. The van der Waals surface area contributed by atoms with Gasteiger partial charge in [0.2, 0.25) is 0 Å². The Labute approximate surface area is 110 Å². The van der Waals surface area contributed by atoms with E-state index in [-0.39, 0.29) is 11.9 Å². The number of rotatable bonds is 4. The third-order valence-electron chi connectivity index (χ3n) is 3.37. The summed E-state index contributed by atoms with van der Waals surface area (Å²) in [4.78, 5) is 5.75. The average Bonchev–Trinajstić information content (AvgIpc) is 2.83. The average molecular weight is 273 g/mol. The number of halogens is 3. The molecule has 0 aliphatic carbocycles. The van der Waals surface area contributed by atoms with Crippen LogP contribution in [0.3, 0.4) is 0 Å². The van der Waals surface area contributed by atoms with Gasteiger partial charge in [0, 0.05) is 25.3 Å². The molecule has 3 nitrogen and oxygen atoms in total. The second kappa shape index (κ2) is 5.77. The van der Waals surface area contributed by atoms with E-state index < -0.39 is 11.7 Å². The topological polar surface area (TPSA) is 28.2 Å². The van der Waals surface area contributed by atoms with Gasteiger partial charge in [-0.1, -0.05) is 6.92 Å². The Morgan fingerprint density at radius 3 is 2.95 bits per heavy atom. The van der Waals surface area contributed by atoms with E-state index in [0.29, 0.717) is 13.1 Å². The van der Waals surface area contributed by atoms with Crippen LogP contribution in [0.25, 0.3) is 0 Å². The van der Waals surface area contributed by atoms with Gasteiger partial charge in [0.25, 0.3) is 0 Å². The van der Waals surface area contributed by atoms with Crippen molar-refractivity contribution in [3.8, 4) is 0 Å². The zero-order chi connectivity index (χ0) is 13.9. The van der Waals surface area contributed by atoms with E-state index in [9.17, 15) is 13.2 Å². The second-order valence-corrected chi connectivity index (χ2v) is 4.67. The van der Waals surface area contributed by atoms with Gasteiger partial charge in [0.1, 0.15) is 5.82 Å². The molecule has 1 aliphatic heterocycles. The molecule has 0 amide bonds. The molecule has 6 heteroatoms. The van der Waals surface area contributed by atoms with Crippen LogP contribution in [0.1, 0.15) is 25.3 Å². The Morgan fingerprint density at radius 1 is 1.47 bits per heavy atom. The molecule has 1 unspecified atom stereocenters. The van der Waals surface area contributed by atoms with Gasteiger partial charge in [-0.15, -0.1) is 0 Å². The van der Waals surface area contributed by atoms with Gasteiger partial charge < -0.3 is 10.2 Å². The van der Waals surface area contributed by atoms with E-state index >= 15 is 0 Å². The van der Waals surface area contributed by atoms with Crippen molar-refractivity contribution < 1.29 is 13.2 Å². The first kappa shape index (κ1) is 14.1. The Morgan fingerprint density at radius 2 is 2.26 bits per heavy atom. The van der Waals surface area contributed by atoms with E-state index in [1.54, 1.807) is 4.90 Å². The molecule has 0 spiro atoms. The van der Waals surface area contributed by atoms with Crippen LogP contribution < -0.4 is 10.2 Å². The molecule has 2 rings (SSSR count). The van der Waals surface area contributed by atoms with Crippen molar-refractivity contribution in [2.75, 3.05) is 24.5 Å². The molecular formula is C13H18F3N3. The van der Waals surface area contributed by atoms with Crippen LogP contribution >= 0.6 is 0 Å². The van der Waals surface area contributed by atoms with E-state index in [0.717, 1.165) is 25.5 Å². The Kier molecular flexibility index (Phi) is 4.29. The smallest absolute Gasteiger partial charge is 0.352 e. The summed E-state index contributed by atoms with van der Waals surface area (Å²) in [5.74, 6) is 0.0652. The zero-order valence-electron chi connectivity index (χ0n) is 10.9. The maximum Gasteiger partial charge on any atom is 0.419 e. The normalized spacial score (nSPS) is 20.0. The molecule has 0 aromatic carbocycles. The number of pyridine rings is 1. The summed E-state index contributed by atoms with van der Waals surface area (Å²) in [6.07, 6.45) is -1.12. The predicted octanol–water partition coefficient (Wildman–Crippen LogP) is 2.68. The lowest BCUT2D eigenvalue weighted by Crippen LogP contribution is -2.39. The van der Waals surface area contributed by atoms with Gasteiger partial charge in [-0.25, -0.2) is 4.98 Å². The van der Waals surface area contributed by atoms with Gasteiger partial charge in [-0.2, -0.15) is 13.2 Å². The van der Waals surface area contributed by atoms with Gasteiger partial charge >= 0.3 is 6.18 Å². The van der Waals surface area contributed by atoms with Crippen LogP contribution in [0, 0.1) is 0 Å². The summed E-state index contributed by atoms with van der Waals surface area (Å²) in [7, 11) is 0. The van der Waals surface area contributed by atoms with Crippen LogP contribution in [0.15, 0.2) is 18.3 Å². The highest BCUT2D eigenvalue weighted by Gasteiger charge is 2.37. The Bertz CT molecular complexity index is 420. The highest BCUT2D eigenvalue weighted by molar-refractivity contribution is 5.50. The number of aromatic nitrogens is 1. The summed E-state index contributed by atoms with van der Waals surface area (Å²) in [6.45, 7) is 4.14. The number of alkyl halides is 3. The third kappa shape index (κ3) is 3.18. The summed E-state index contributed by atoms with van der Waals surface area (Å²) in [5.41, 5.74) is -0.640. The standard InChI is InChI=1S/C13H18F3N3/c1-2-17-9-10-5-4-8-19(10)12-11(13(14,15)16)6-3-7-18-12/h3,6-7,10,17H,2,4-5,8-9H2,1H3. The lowest BCUT2D eigenvalue weighted by atomic mass is 10.2. The first-order chi connectivity index (χ1) is 9.04. The molecule has 1 N–H and O–H groups in total. The molecule has 0 radical (unpaired) electrons. The number of nitrogens with zero attached hydrogens (tertiary/aromatic N) is 2. The minimum atomic E-state index is -4.35. The third-order valence-corrected chi connectivity index (χ3v) is 3.37. The van der Waals surface area contributed by atoms with Crippen molar-refractivity contribution in [2.24, 2.45) is 0 Å². The lowest BCUT2D eigenvalue weighted by molar-refractivity contribution is -0.137. The number of hydrogen-bond donors (Lipinski definition) is 1. The van der Waals surface area contributed by atoms with Crippen molar-refractivity contribution in [3.63, 3.8) is 0 Å². The first-order valence-electron chi connectivity index (χ1n) is 6.53. The largest absolute Gasteiger partial charge is 0.419 e. The molecule has 0 bridgehead atoms. The number of hydrogen-bond acceptors (Lipinski definition) is 3. The summed E-state index contributed by atoms with van der Waals surface area (Å²) < 4.78 is 39.0. The minimum Gasteiger partial charge on any atom is -0.352 e.